The number of hydrogen-bond donors (Lipinski definition) is 2. The van der Waals surface area contributed by atoms with E-state index in [1.165, 1.54) is 18.2 Å². The van der Waals surface area contributed by atoms with Crippen molar-refractivity contribution in [2.45, 2.75) is 25.8 Å². The highest BCUT2D eigenvalue weighted by molar-refractivity contribution is 6.30. The lowest BCUT2D eigenvalue weighted by molar-refractivity contribution is 0.0951. The minimum absolute atomic E-state index is 0.0863. The predicted molar refractivity (Wildman–Crippen MR) is 70.9 cm³/mol. The van der Waals surface area contributed by atoms with Gasteiger partial charge in [0.1, 0.15) is 5.82 Å². The van der Waals surface area contributed by atoms with E-state index in [1.54, 1.807) is 0 Å². The molecule has 2 N–H and O–H groups in total. The molecule has 0 radical (unpaired) electrons. The van der Waals surface area contributed by atoms with E-state index in [2.05, 4.69) is 0 Å². The molecule has 0 heterocycles. The van der Waals surface area contributed by atoms with Crippen LogP contribution >= 0.6 is 11.6 Å². The Hall–Kier alpha value is -1.33. The van der Waals surface area contributed by atoms with Crippen LogP contribution < -0.4 is 0 Å². The largest absolute Gasteiger partial charge is 0.465 e. The van der Waals surface area contributed by atoms with Gasteiger partial charge in [-0.15, -0.1) is 0 Å². The van der Waals surface area contributed by atoms with Crippen molar-refractivity contribution in [1.82, 2.24) is 4.90 Å². The molecule has 0 aliphatic carbocycles. The number of carboxylic acid groups (broad SMARTS) is 1. The zero-order valence-electron chi connectivity index (χ0n) is 10.6. The molecular weight excluding hydrogens is 273 g/mol. The van der Waals surface area contributed by atoms with Gasteiger partial charge in [0.2, 0.25) is 0 Å². The number of amides is 1. The fourth-order valence-corrected chi connectivity index (χ4v) is 2.04. The molecule has 19 heavy (non-hydrogen) atoms. The highest BCUT2D eigenvalue weighted by atomic mass is 35.5. The Kier molecular flexibility index (Phi) is 6.05. The lowest BCUT2D eigenvalue weighted by Crippen LogP contribution is -2.37. The maximum absolute atomic E-state index is 13.9. The van der Waals surface area contributed by atoms with Crippen molar-refractivity contribution in [1.29, 1.82) is 0 Å². The normalized spacial score (nSPS) is 12.2. The standard InChI is InChI=1S/C13H17ClFNO3/c1-2-3-7-16(13(18)19)11(8-17)9-5-4-6-10(14)12(9)15/h4-6,11,17H,2-3,7-8H2,1H3,(H,18,19). The second-order valence-corrected chi connectivity index (χ2v) is 4.58. The minimum Gasteiger partial charge on any atom is -0.465 e. The van der Waals surface area contributed by atoms with Crippen LogP contribution in [0.2, 0.25) is 5.02 Å². The first-order valence-corrected chi connectivity index (χ1v) is 6.45. The summed E-state index contributed by atoms with van der Waals surface area (Å²) in [5.74, 6) is -0.689. The second-order valence-electron chi connectivity index (χ2n) is 4.17. The molecule has 0 spiro atoms. The summed E-state index contributed by atoms with van der Waals surface area (Å²) in [5.41, 5.74) is 0.0912. The third-order valence-corrected chi connectivity index (χ3v) is 3.18. The number of aliphatic hydroxyl groups excluding tert-OH is 1. The van der Waals surface area contributed by atoms with Crippen molar-refractivity contribution in [3.05, 3.63) is 34.6 Å². The van der Waals surface area contributed by atoms with Crippen molar-refractivity contribution >= 4 is 17.7 Å². The van der Waals surface area contributed by atoms with Gasteiger partial charge in [0, 0.05) is 12.1 Å². The van der Waals surface area contributed by atoms with E-state index in [9.17, 15) is 19.4 Å². The number of benzene rings is 1. The monoisotopic (exact) mass is 289 g/mol. The van der Waals surface area contributed by atoms with Gasteiger partial charge in [-0.2, -0.15) is 0 Å². The molecule has 1 aromatic carbocycles. The number of aliphatic hydroxyl groups is 1. The summed E-state index contributed by atoms with van der Waals surface area (Å²) in [4.78, 5) is 12.3. The van der Waals surface area contributed by atoms with Crippen LogP contribution in [0.4, 0.5) is 9.18 Å². The van der Waals surface area contributed by atoms with Gasteiger partial charge >= 0.3 is 6.09 Å². The molecule has 0 bridgehead atoms. The molecule has 0 saturated carbocycles. The van der Waals surface area contributed by atoms with Crippen LogP contribution in [0.5, 0.6) is 0 Å². The summed E-state index contributed by atoms with van der Waals surface area (Å²) < 4.78 is 13.9. The van der Waals surface area contributed by atoms with Crippen LogP contribution in [0, 0.1) is 5.82 Å². The average molecular weight is 290 g/mol. The van der Waals surface area contributed by atoms with Crippen molar-refractivity contribution in [2.75, 3.05) is 13.2 Å². The number of nitrogens with zero attached hydrogens (tertiary/aromatic N) is 1. The zero-order chi connectivity index (χ0) is 14.4. The number of hydrogen-bond acceptors (Lipinski definition) is 2. The van der Waals surface area contributed by atoms with Crippen molar-refractivity contribution in [2.24, 2.45) is 0 Å². The molecule has 1 atom stereocenters. The Balaban J connectivity index is 3.08. The number of rotatable bonds is 6. The Morgan fingerprint density at radius 1 is 1.53 bits per heavy atom. The SMILES string of the molecule is CCCCN(C(=O)O)C(CO)c1cccc(Cl)c1F. The van der Waals surface area contributed by atoms with E-state index < -0.39 is 24.6 Å². The van der Waals surface area contributed by atoms with Gasteiger partial charge in [-0.1, -0.05) is 37.1 Å². The summed E-state index contributed by atoms with van der Waals surface area (Å²) in [6, 6.07) is 3.40. The molecule has 1 rings (SSSR count). The summed E-state index contributed by atoms with van der Waals surface area (Å²) >= 11 is 5.68. The highest BCUT2D eigenvalue weighted by Gasteiger charge is 2.26. The van der Waals surface area contributed by atoms with E-state index in [0.29, 0.717) is 6.42 Å². The van der Waals surface area contributed by atoms with Crippen LogP contribution in [0.3, 0.4) is 0 Å². The van der Waals surface area contributed by atoms with Crippen LogP contribution in [-0.4, -0.2) is 34.4 Å². The first kappa shape index (κ1) is 15.7. The van der Waals surface area contributed by atoms with Crippen LogP contribution in [0.25, 0.3) is 0 Å². The highest BCUT2D eigenvalue weighted by Crippen LogP contribution is 2.27. The maximum atomic E-state index is 13.9. The van der Waals surface area contributed by atoms with Crippen molar-refractivity contribution in [3.8, 4) is 0 Å². The third kappa shape index (κ3) is 3.81. The maximum Gasteiger partial charge on any atom is 0.407 e. The van der Waals surface area contributed by atoms with E-state index in [4.69, 9.17) is 11.6 Å². The van der Waals surface area contributed by atoms with Gasteiger partial charge in [-0.3, -0.25) is 4.90 Å². The molecule has 0 saturated heterocycles. The first-order chi connectivity index (χ1) is 9.02. The van der Waals surface area contributed by atoms with Crippen LogP contribution in [0.15, 0.2) is 18.2 Å². The summed E-state index contributed by atoms with van der Waals surface area (Å²) in [6.45, 7) is 1.67. The summed E-state index contributed by atoms with van der Waals surface area (Å²) in [6.07, 6.45) is 0.261. The predicted octanol–water partition coefficient (Wildman–Crippen LogP) is 3.29. The minimum atomic E-state index is -1.19. The topological polar surface area (TPSA) is 60.8 Å². The van der Waals surface area contributed by atoms with Gasteiger partial charge in [0.15, 0.2) is 0 Å². The van der Waals surface area contributed by atoms with Gasteiger partial charge in [0.05, 0.1) is 17.7 Å². The van der Waals surface area contributed by atoms with Crippen LogP contribution in [-0.2, 0) is 0 Å². The molecule has 6 heteroatoms. The summed E-state index contributed by atoms with van der Waals surface area (Å²) in [7, 11) is 0. The van der Waals surface area contributed by atoms with Gasteiger partial charge < -0.3 is 10.2 Å². The molecule has 1 unspecified atom stereocenters. The molecule has 0 fully saturated rings. The molecular formula is C13H17ClFNO3. The fraction of sp³-hybridized carbons (Fsp3) is 0.462. The fourth-order valence-electron chi connectivity index (χ4n) is 1.86. The molecule has 1 aromatic rings. The number of carbonyl (C=O) groups is 1. The number of unbranched alkanes of at least 4 members (excludes halogenated alkanes) is 1. The molecule has 0 aliphatic heterocycles. The van der Waals surface area contributed by atoms with Gasteiger partial charge in [-0.05, 0) is 12.5 Å². The number of halogens is 2. The third-order valence-electron chi connectivity index (χ3n) is 2.89. The lowest BCUT2D eigenvalue weighted by atomic mass is 10.1. The van der Waals surface area contributed by atoms with Crippen molar-refractivity contribution in [3.63, 3.8) is 0 Å². The smallest absolute Gasteiger partial charge is 0.407 e. The molecule has 106 valence electrons. The quantitative estimate of drug-likeness (QED) is 0.845. The van der Waals surface area contributed by atoms with E-state index in [0.717, 1.165) is 11.3 Å². The molecule has 4 nitrogen and oxygen atoms in total. The Labute approximate surface area is 116 Å². The Morgan fingerprint density at radius 3 is 2.74 bits per heavy atom. The zero-order valence-corrected chi connectivity index (χ0v) is 11.4. The Morgan fingerprint density at radius 2 is 2.21 bits per heavy atom. The molecule has 0 aromatic heterocycles. The lowest BCUT2D eigenvalue weighted by Gasteiger charge is -2.28. The van der Waals surface area contributed by atoms with Gasteiger partial charge in [-0.25, -0.2) is 9.18 Å². The van der Waals surface area contributed by atoms with Crippen molar-refractivity contribution < 1.29 is 19.4 Å². The van der Waals surface area contributed by atoms with E-state index >= 15 is 0 Å². The van der Waals surface area contributed by atoms with E-state index in [1.807, 2.05) is 6.92 Å². The average Bonchev–Trinajstić information content (AvgIpc) is 2.38. The first-order valence-electron chi connectivity index (χ1n) is 6.07. The molecule has 0 aliphatic rings. The Bertz CT molecular complexity index is 442. The molecule has 1 amide bonds. The van der Waals surface area contributed by atoms with E-state index in [-0.39, 0.29) is 17.1 Å². The van der Waals surface area contributed by atoms with Crippen LogP contribution in [0.1, 0.15) is 31.4 Å². The summed E-state index contributed by atoms with van der Waals surface area (Å²) in [5, 5.41) is 18.5. The second kappa shape index (κ2) is 7.31. The van der Waals surface area contributed by atoms with Gasteiger partial charge in [0.25, 0.3) is 0 Å².